The highest BCUT2D eigenvalue weighted by Gasteiger charge is 2.52. The number of carboxylic acid groups (broad SMARTS) is 1. The minimum absolute atomic E-state index is 0.0453. The number of phenols is 2. The summed E-state index contributed by atoms with van der Waals surface area (Å²) in [6.45, 7) is 8.03. The Morgan fingerprint density at radius 3 is 1.63 bits per heavy atom. The highest BCUT2D eigenvalue weighted by atomic mass is 16.6. The summed E-state index contributed by atoms with van der Waals surface area (Å²) in [6.07, 6.45) is 2.84. The van der Waals surface area contributed by atoms with Crippen LogP contribution in [0.4, 0.5) is 0 Å². The van der Waals surface area contributed by atoms with Crippen molar-refractivity contribution in [2.75, 3.05) is 0 Å². The van der Waals surface area contributed by atoms with Gasteiger partial charge in [0.1, 0.15) is 11.5 Å². The fourth-order valence-corrected chi connectivity index (χ4v) is 5.18. The molecule has 3 aromatic carbocycles. The van der Waals surface area contributed by atoms with Crippen LogP contribution in [0, 0.1) is 0 Å². The third-order valence-electron chi connectivity index (χ3n) is 7.03. The largest absolute Gasteiger partial charge is 0.507 e. The number of fused-ring (bicyclic) bond motifs is 1. The Morgan fingerprint density at radius 2 is 1.20 bits per heavy atom. The molecule has 0 radical (unpaired) electrons. The molecule has 0 unspecified atom stereocenters. The van der Waals surface area contributed by atoms with E-state index in [1.807, 2.05) is 39.8 Å². The van der Waals surface area contributed by atoms with Crippen LogP contribution in [-0.2, 0) is 36.0 Å². The van der Waals surface area contributed by atoms with Crippen LogP contribution >= 0.6 is 0 Å². The molecule has 6 nitrogen and oxygen atoms in total. The quantitative estimate of drug-likeness (QED) is 0.390. The summed E-state index contributed by atoms with van der Waals surface area (Å²) >= 11 is 0. The molecule has 3 N–H and O–H groups in total. The van der Waals surface area contributed by atoms with Gasteiger partial charge in [-0.2, -0.15) is 0 Å². The van der Waals surface area contributed by atoms with E-state index in [-0.39, 0.29) is 22.6 Å². The van der Waals surface area contributed by atoms with Crippen LogP contribution < -0.4 is 0 Å². The predicted octanol–water partition coefficient (Wildman–Crippen LogP) is 5.51. The molecule has 4 rings (SSSR count). The van der Waals surface area contributed by atoms with Crippen molar-refractivity contribution < 1.29 is 29.6 Å². The van der Waals surface area contributed by atoms with Gasteiger partial charge >= 0.3 is 11.9 Å². The molecular weight excluding hydrogens is 444 g/mol. The van der Waals surface area contributed by atoms with Gasteiger partial charge in [0.2, 0.25) is 0 Å². The number of ether oxygens (including phenoxy) is 1. The Labute approximate surface area is 204 Å². The van der Waals surface area contributed by atoms with Crippen LogP contribution in [0.5, 0.6) is 11.5 Å². The van der Waals surface area contributed by atoms with E-state index in [1.54, 1.807) is 18.2 Å². The molecule has 0 atom stereocenters. The lowest BCUT2D eigenvalue weighted by Crippen LogP contribution is -2.30. The summed E-state index contributed by atoms with van der Waals surface area (Å²) in [5.41, 5.74) is 3.42. The number of rotatable bonds is 7. The third kappa shape index (κ3) is 3.73. The number of aromatic carboxylic acids is 1. The second-order valence-corrected chi connectivity index (χ2v) is 8.83. The molecule has 35 heavy (non-hydrogen) atoms. The van der Waals surface area contributed by atoms with Gasteiger partial charge in [-0.25, -0.2) is 9.59 Å². The van der Waals surface area contributed by atoms with Gasteiger partial charge in [-0.1, -0.05) is 33.8 Å². The fourth-order valence-electron chi connectivity index (χ4n) is 5.18. The lowest BCUT2D eigenvalue weighted by molar-refractivity contribution is 0.0239. The van der Waals surface area contributed by atoms with E-state index >= 15 is 0 Å². The first-order valence-corrected chi connectivity index (χ1v) is 12.0. The number of benzene rings is 3. The molecule has 0 aromatic heterocycles. The van der Waals surface area contributed by atoms with Crippen LogP contribution in [0.25, 0.3) is 0 Å². The van der Waals surface area contributed by atoms with Gasteiger partial charge in [-0.3, -0.25) is 0 Å². The van der Waals surface area contributed by atoms with Crippen LogP contribution in [-0.4, -0.2) is 27.3 Å². The second kappa shape index (κ2) is 9.10. The number of cyclic esters (lactones) is 1. The Bertz CT molecular complexity index is 1280. The van der Waals surface area contributed by atoms with Crippen LogP contribution in [0.1, 0.15) is 87.4 Å². The van der Waals surface area contributed by atoms with Crippen molar-refractivity contribution in [1.29, 1.82) is 0 Å². The maximum atomic E-state index is 13.2. The number of esters is 1. The smallest absolute Gasteiger partial charge is 0.340 e. The van der Waals surface area contributed by atoms with Gasteiger partial charge in [0, 0.05) is 16.7 Å². The topological polar surface area (TPSA) is 104 Å². The summed E-state index contributed by atoms with van der Waals surface area (Å²) in [6, 6.07) is 11.3. The highest BCUT2D eigenvalue weighted by molar-refractivity contribution is 5.99. The Balaban J connectivity index is 2.14. The van der Waals surface area contributed by atoms with Crippen LogP contribution in [0.3, 0.4) is 0 Å². The molecule has 0 saturated carbocycles. The Hall–Kier alpha value is -3.80. The molecule has 0 aliphatic carbocycles. The van der Waals surface area contributed by atoms with Gasteiger partial charge in [0.25, 0.3) is 0 Å². The molecule has 0 amide bonds. The van der Waals surface area contributed by atoms with Gasteiger partial charge in [0.05, 0.1) is 11.1 Å². The zero-order valence-corrected chi connectivity index (χ0v) is 20.4. The molecule has 3 aromatic rings. The number of hydrogen-bond donors (Lipinski definition) is 3. The van der Waals surface area contributed by atoms with E-state index in [9.17, 15) is 24.9 Å². The molecule has 6 heteroatoms. The maximum Gasteiger partial charge on any atom is 0.340 e. The van der Waals surface area contributed by atoms with Crippen molar-refractivity contribution >= 4 is 11.9 Å². The molecule has 0 saturated heterocycles. The van der Waals surface area contributed by atoms with Crippen molar-refractivity contribution in [2.45, 2.75) is 59.0 Å². The van der Waals surface area contributed by atoms with Gasteiger partial charge < -0.3 is 20.1 Å². The van der Waals surface area contributed by atoms with Gasteiger partial charge in [0.15, 0.2) is 5.60 Å². The lowest BCUT2D eigenvalue weighted by Gasteiger charge is -2.33. The Kier molecular flexibility index (Phi) is 6.32. The number of aryl methyl sites for hydroxylation is 4. The van der Waals surface area contributed by atoms with E-state index in [4.69, 9.17) is 4.74 Å². The zero-order chi connectivity index (χ0) is 25.5. The molecule has 1 heterocycles. The lowest BCUT2D eigenvalue weighted by atomic mass is 9.76. The summed E-state index contributed by atoms with van der Waals surface area (Å²) in [7, 11) is 0. The zero-order valence-electron chi connectivity index (χ0n) is 20.4. The van der Waals surface area contributed by atoms with Crippen LogP contribution in [0.2, 0.25) is 0 Å². The number of hydrogen-bond acceptors (Lipinski definition) is 5. The number of phenolic OH excluding ortho intramolecular Hbond substituents is 2. The first-order valence-electron chi connectivity index (χ1n) is 12.0. The van der Waals surface area contributed by atoms with Crippen molar-refractivity contribution in [3.63, 3.8) is 0 Å². The van der Waals surface area contributed by atoms with E-state index in [0.717, 1.165) is 35.1 Å². The average molecular weight is 475 g/mol. The molecule has 0 spiro atoms. The minimum atomic E-state index is -1.63. The van der Waals surface area contributed by atoms with Gasteiger partial charge in [-0.15, -0.1) is 0 Å². The number of carbonyl (C=O) groups excluding carboxylic acids is 1. The fraction of sp³-hybridized carbons (Fsp3) is 0.310. The summed E-state index contributed by atoms with van der Waals surface area (Å²) in [5, 5.41) is 31.9. The van der Waals surface area contributed by atoms with Crippen molar-refractivity contribution in [2.24, 2.45) is 0 Å². The molecule has 0 bridgehead atoms. The normalized spacial score (nSPS) is 14.0. The monoisotopic (exact) mass is 474 g/mol. The van der Waals surface area contributed by atoms with Crippen LogP contribution in [0.15, 0.2) is 42.5 Å². The predicted molar refractivity (Wildman–Crippen MR) is 132 cm³/mol. The number of carbonyl (C=O) groups is 2. The van der Waals surface area contributed by atoms with E-state index in [2.05, 4.69) is 0 Å². The van der Waals surface area contributed by atoms with E-state index in [0.29, 0.717) is 29.5 Å². The molecular formula is C29H30O6. The summed E-state index contributed by atoms with van der Waals surface area (Å²) < 4.78 is 6.08. The Morgan fingerprint density at radius 1 is 0.743 bits per heavy atom. The third-order valence-corrected chi connectivity index (χ3v) is 7.03. The summed E-state index contributed by atoms with van der Waals surface area (Å²) in [4.78, 5) is 24.8. The van der Waals surface area contributed by atoms with Gasteiger partial charge in [-0.05, 0) is 84.3 Å². The van der Waals surface area contributed by atoms with Crippen molar-refractivity contribution in [3.05, 3.63) is 92.5 Å². The molecule has 182 valence electrons. The van der Waals surface area contributed by atoms with Crippen molar-refractivity contribution in [1.82, 2.24) is 0 Å². The standard InChI is InChI=1S/C29H30O6/c1-5-16-12-23(25(30)14-18(16)7-3)29(24-13-17(6-2)19(8-4)15-26(24)31)22-10-9-20(27(32)33)11-21(22)28(34)35-29/h9-15,30-31H,5-8H2,1-4H3,(H,32,33). The number of aromatic hydroxyl groups is 2. The molecule has 1 aliphatic rings. The highest BCUT2D eigenvalue weighted by Crippen LogP contribution is 2.53. The number of carboxylic acids is 1. The van der Waals surface area contributed by atoms with E-state index in [1.165, 1.54) is 12.1 Å². The molecule has 1 aliphatic heterocycles. The maximum absolute atomic E-state index is 13.2. The average Bonchev–Trinajstić information content (AvgIpc) is 3.15. The first kappa shape index (κ1) is 24.3. The summed E-state index contributed by atoms with van der Waals surface area (Å²) in [5.74, 6) is -1.99. The minimum Gasteiger partial charge on any atom is -0.507 e. The second-order valence-electron chi connectivity index (χ2n) is 8.83. The van der Waals surface area contributed by atoms with Crippen molar-refractivity contribution in [3.8, 4) is 11.5 Å². The SMILES string of the molecule is CCc1cc(O)c(C2(c3cc(CC)c(CC)cc3O)OC(=O)c3cc(C(=O)O)ccc32)cc1CC. The first-order chi connectivity index (χ1) is 16.7. The van der Waals surface area contributed by atoms with E-state index < -0.39 is 17.5 Å². The molecule has 0 fully saturated rings.